The topological polar surface area (TPSA) is 37.3 Å². The van der Waals surface area contributed by atoms with E-state index in [1.807, 2.05) is 0 Å². The van der Waals surface area contributed by atoms with Crippen LogP contribution in [-0.2, 0) is 6.42 Å². The Balaban J connectivity index is 3.41. The van der Waals surface area contributed by atoms with Crippen molar-refractivity contribution < 1.29 is 18.7 Å². The first-order chi connectivity index (χ1) is 6.07. The first-order valence-electron chi connectivity index (χ1n) is 3.78. The first-order valence-corrected chi connectivity index (χ1v) is 3.78. The molecule has 0 radical (unpaired) electrons. The Morgan fingerprint density at radius 1 is 1.46 bits per heavy atom. The molecule has 0 fully saturated rings. The molecule has 0 heterocycles. The van der Waals surface area contributed by atoms with Gasteiger partial charge in [-0.25, -0.2) is 13.6 Å². The third kappa shape index (κ3) is 1.66. The number of halogens is 2. The van der Waals surface area contributed by atoms with Gasteiger partial charge < -0.3 is 5.11 Å². The number of aryl methyl sites for hydroxylation is 1. The second-order valence-electron chi connectivity index (χ2n) is 2.55. The lowest BCUT2D eigenvalue weighted by molar-refractivity contribution is 0.0689. The standard InChI is InChI=1S/C9H8F2O2/c1-2-5-3-4-6(10)8(11)7(5)9(12)13/h3-4H,2H2,1H3,(H,12,13). The number of carbonyl (C=O) groups is 1. The number of aromatic carboxylic acids is 1. The lowest BCUT2D eigenvalue weighted by Gasteiger charge is -2.04. The van der Waals surface area contributed by atoms with Crippen molar-refractivity contribution in [1.82, 2.24) is 0 Å². The van der Waals surface area contributed by atoms with Crippen molar-refractivity contribution in [3.63, 3.8) is 0 Å². The zero-order chi connectivity index (χ0) is 10.0. The van der Waals surface area contributed by atoms with Crippen molar-refractivity contribution in [3.8, 4) is 0 Å². The molecule has 0 saturated carbocycles. The van der Waals surface area contributed by atoms with E-state index in [0.29, 0.717) is 12.0 Å². The highest BCUT2D eigenvalue weighted by Gasteiger charge is 2.18. The summed E-state index contributed by atoms with van der Waals surface area (Å²) >= 11 is 0. The van der Waals surface area contributed by atoms with Gasteiger partial charge in [-0.1, -0.05) is 13.0 Å². The minimum atomic E-state index is -1.44. The lowest BCUT2D eigenvalue weighted by Crippen LogP contribution is -2.07. The van der Waals surface area contributed by atoms with Crippen molar-refractivity contribution in [2.75, 3.05) is 0 Å². The van der Waals surface area contributed by atoms with Crippen molar-refractivity contribution in [2.24, 2.45) is 0 Å². The zero-order valence-corrected chi connectivity index (χ0v) is 6.97. The molecule has 1 rings (SSSR count). The maximum atomic E-state index is 12.9. The number of carboxylic acid groups (broad SMARTS) is 1. The fourth-order valence-electron chi connectivity index (χ4n) is 1.12. The molecule has 1 aromatic carbocycles. The van der Waals surface area contributed by atoms with Crippen molar-refractivity contribution in [1.29, 1.82) is 0 Å². The van der Waals surface area contributed by atoms with Gasteiger partial charge in [0.1, 0.15) is 5.56 Å². The molecular weight excluding hydrogens is 178 g/mol. The number of carboxylic acids is 1. The molecule has 0 aliphatic rings. The normalized spacial score (nSPS) is 10.1. The van der Waals surface area contributed by atoms with Gasteiger partial charge in [0.25, 0.3) is 0 Å². The Bertz CT molecular complexity index is 348. The molecule has 0 saturated heterocycles. The van der Waals surface area contributed by atoms with Crippen LogP contribution in [0.2, 0.25) is 0 Å². The minimum Gasteiger partial charge on any atom is -0.478 e. The molecule has 0 spiro atoms. The summed E-state index contributed by atoms with van der Waals surface area (Å²) < 4.78 is 25.6. The molecule has 0 aliphatic heterocycles. The lowest BCUT2D eigenvalue weighted by atomic mass is 10.0. The third-order valence-electron chi connectivity index (χ3n) is 1.78. The molecule has 1 N–H and O–H groups in total. The largest absolute Gasteiger partial charge is 0.478 e. The Kier molecular flexibility index (Phi) is 2.60. The monoisotopic (exact) mass is 186 g/mol. The van der Waals surface area contributed by atoms with Crippen LogP contribution >= 0.6 is 0 Å². The molecule has 13 heavy (non-hydrogen) atoms. The van der Waals surface area contributed by atoms with E-state index in [4.69, 9.17) is 5.11 Å². The molecule has 4 heteroatoms. The van der Waals surface area contributed by atoms with Gasteiger partial charge in [-0.2, -0.15) is 0 Å². The first kappa shape index (κ1) is 9.64. The molecule has 2 nitrogen and oxygen atoms in total. The predicted octanol–water partition coefficient (Wildman–Crippen LogP) is 2.23. The van der Waals surface area contributed by atoms with E-state index in [1.54, 1.807) is 6.92 Å². The van der Waals surface area contributed by atoms with Gasteiger partial charge in [0.15, 0.2) is 11.6 Å². The van der Waals surface area contributed by atoms with Gasteiger partial charge in [0.2, 0.25) is 0 Å². The highest BCUT2D eigenvalue weighted by molar-refractivity contribution is 5.89. The summed E-state index contributed by atoms with van der Waals surface area (Å²) in [6.07, 6.45) is 0.360. The Hall–Kier alpha value is -1.45. The van der Waals surface area contributed by atoms with Crippen molar-refractivity contribution in [2.45, 2.75) is 13.3 Å². The van der Waals surface area contributed by atoms with Gasteiger partial charge in [-0.3, -0.25) is 0 Å². The Morgan fingerprint density at radius 3 is 2.54 bits per heavy atom. The number of benzene rings is 1. The van der Waals surface area contributed by atoms with Crippen molar-refractivity contribution >= 4 is 5.97 Å². The second kappa shape index (κ2) is 3.51. The maximum absolute atomic E-state index is 12.9. The van der Waals surface area contributed by atoms with Gasteiger partial charge in [0.05, 0.1) is 0 Å². The molecule has 1 aromatic rings. The van der Waals surface area contributed by atoms with Crippen LogP contribution in [0.3, 0.4) is 0 Å². The van der Waals surface area contributed by atoms with Crippen LogP contribution in [0.1, 0.15) is 22.8 Å². The van der Waals surface area contributed by atoms with Crippen LogP contribution in [0.15, 0.2) is 12.1 Å². The molecular formula is C9H8F2O2. The van der Waals surface area contributed by atoms with E-state index in [0.717, 1.165) is 6.07 Å². The van der Waals surface area contributed by atoms with Crippen LogP contribution in [0.5, 0.6) is 0 Å². The smallest absolute Gasteiger partial charge is 0.339 e. The summed E-state index contributed by atoms with van der Waals surface area (Å²) in [5, 5.41) is 8.60. The highest BCUT2D eigenvalue weighted by Crippen LogP contribution is 2.17. The van der Waals surface area contributed by atoms with Gasteiger partial charge >= 0.3 is 5.97 Å². The zero-order valence-electron chi connectivity index (χ0n) is 6.97. The van der Waals surface area contributed by atoms with Crippen LogP contribution in [0.25, 0.3) is 0 Å². The average Bonchev–Trinajstić information content (AvgIpc) is 2.08. The summed E-state index contributed by atoms with van der Waals surface area (Å²) in [5.41, 5.74) is -0.270. The van der Waals surface area contributed by atoms with Gasteiger partial charge in [0, 0.05) is 0 Å². The quantitative estimate of drug-likeness (QED) is 0.768. The van der Waals surface area contributed by atoms with E-state index in [-0.39, 0.29) is 0 Å². The van der Waals surface area contributed by atoms with E-state index in [2.05, 4.69) is 0 Å². The second-order valence-corrected chi connectivity index (χ2v) is 2.55. The fraction of sp³-hybridized carbons (Fsp3) is 0.222. The van der Waals surface area contributed by atoms with Crippen LogP contribution in [-0.4, -0.2) is 11.1 Å². The van der Waals surface area contributed by atoms with Crippen molar-refractivity contribution in [3.05, 3.63) is 34.9 Å². The summed E-state index contributed by atoms with van der Waals surface area (Å²) in [7, 11) is 0. The SMILES string of the molecule is CCc1ccc(F)c(F)c1C(=O)O. The van der Waals surface area contributed by atoms with E-state index in [1.165, 1.54) is 6.07 Å². The van der Waals surface area contributed by atoms with Crippen LogP contribution < -0.4 is 0 Å². The summed E-state index contributed by atoms with van der Waals surface area (Å²) in [4.78, 5) is 10.5. The summed E-state index contributed by atoms with van der Waals surface area (Å²) in [5.74, 6) is -3.85. The summed E-state index contributed by atoms with van der Waals surface area (Å²) in [6.45, 7) is 1.68. The maximum Gasteiger partial charge on any atom is 0.339 e. The fourth-order valence-corrected chi connectivity index (χ4v) is 1.12. The van der Waals surface area contributed by atoms with Crippen LogP contribution in [0, 0.1) is 11.6 Å². The van der Waals surface area contributed by atoms with E-state index < -0.39 is 23.2 Å². The molecule has 0 atom stereocenters. The average molecular weight is 186 g/mol. The predicted molar refractivity (Wildman–Crippen MR) is 42.7 cm³/mol. The van der Waals surface area contributed by atoms with Crippen LogP contribution in [0.4, 0.5) is 8.78 Å². The Morgan fingerprint density at radius 2 is 2.08 bits per heavy atom. The number of rotatable bonds is 2. The highest BCUT2D eigenvalue weighted by atomic mass is 19.2. The van der Waals surface area contributed by atoms with E-state index in [9.17, 15) is 13.6 Å². The van der Waals surface area contributed by atoms with E-state index >= 15 is 0 Å². The molecule has 0 aromatic heterocycles. The number of hydrogen-bond acceptors (Lipinski definition) is 1. The molecule has 0 aliphatic carbocycles. The molecule has 70 valence electrons. The molecule has 0 unspecified atom stereocenters. The van der Waals surface area contributed by atoms with Gasteiger partial charge in [-0.05, 0) is 18.1 Å². The number of hydrogen-bond donors (Lipinski definition) is 1. The molecule has 0 bridgehead atoms. The minimum absolute atomic E-state index is 0.298. The Labute approximate surface area is 73.8 Å². The third-order valence-corrected chi connectivity index (χ3v) is 1.78. The molecule has 0 amide bonds. The summed E-state index contributed by atoms with van der Waals surface area (Å²) in [6, 6.07) is 2.21. The van der Waals surface area contributed by atoms with Gasteiger partial charge in [-0.15, -0.1) is 0 Å².